The number of benzene rings is 1. The normalized spacial score (nSPS) is 10.6. The van der Waals surface area contributed by atoms with Crippen LogP contribution in [0.4, 0.5) is 0 Å². The van der Waals surface area contributed by atoms with E-state index in [1.54, 1.807) is 13.3 Å². The van der Waals surface area contributed by atoms with E-state index in [1.807, 2.05) is 25.1 Å². The van der Waals surface area contributed by atoms with E-state index in [1.165, 1.54) is 0 Å². The SMILES string of the molecule is COc1nccc2c(SO)c(C)ccc12. The van der Waals surface area contributed by atoms with Crippen molar-refractivity contribution in [1.29, 1.82) is 0 Å². The molecule has 0 unspecified atom stereocenters. The number of ether oxygens (including phenoxy) is 1. The van der Waals surface area contributed by atoms with Crippen molar-refractivity contribution in [2.24, 2.45) is 0 Å². The topological polar surface area (TPSA) is 42.4 Å². The molecule has 0 fully saturated rings. The fourth-order valence-corrected chi connectivity index (χ4v) is 2.08. The zero-order valence-electron chi connectivity index (χ0n) is 8.52. The maximum Gasteiger partial charge on any atom is 0.221 e. The third-order valence-corrected chi connectivity index (χ3v) is 3.07. The molecule has 15 heavy (non-hydrogen) atoms. The third kappa shape index (κ3) is 1.66. The van der Waals surface area contributed by atoms with Crippen LogP contribution in [0.25, 0.3) is 10.8 Å². The molecule has 0 saturated carbocycles. The van der Waals surface area contributed by atoms with E-state index in [0.717, 1.165) is 33.3 Å². The van der Waals surface area contributed by atoms with Crippen molar-refractivity contribution >= 4 is 22.8 Å². The minimum Gasteiger partial charge on any atom is -0.481 e. The summed E-state index contributed by atoms with van der Waals surface area (Å²) in [7, 11) is 1.59. The molecule has 2 aromatic rings. The van der Waals surface area contributed by atoms with Crippen molar-refractivity contribution in [2.75, 3.05) is 7.11 Å². The van der Waals surface area contributed by atoms with Gasteiger partial charge in [0.1, 0.15) is 0 Å². The van der Waals surface area contributed by atoms with Gasteiger partial charge in [-0.3, -0.25) is 0 Å². The van der Waals surface area contributed by atoms with Crippen LogP contribution in [0, 0.1) is 6.92 Å². The zero-order valence-corrected chi connectivity index (χ0v) is 9.34. The highest BCUT2D eigenvalue weighted by Crippen LogP contribution is 2.32. The molecule has 78 valence electrons. The summed E-state index contributed by atoms with van der Waals surface area (Å²) in [6.45, 7) is 1.96. The van der Waals surface area contributed by atoms with Gasteiger partial charge in [0.2, 0.25) is 5.88 Å². The molecule has 1 N–H and O–H groups in total. The van der Waals surface area contributed by atoms with Crippen molar-refractivity contribution in [2.45, 2.75) is 11.8 Å². The molecule has 0 spiro atoms. The van der Waals surface area contributed by atoms with Gasteiger partial charge in [-0.05, 0) is 24.6 Å². The fraction of sp³-hybridized carbons (Fsp3) is 0.182. The molecule has 0 aliphatic rings. The van der Waals surface area contributed by atoms with Gasteiger partial charge in [0.15, 0.2) is 0 Å². The number of fused-ring (bicyclic) bond motifs is 1. The number of aryl methyl sites for hydroxylation is 1. The number of hydrogen-bond acceptors (Lipinski definition) is 4. The first kappa shape index (κ1) is 10.3. The summed E-state index contributed by atoms with van der Waals surface area (Å²) < 4.78 is 14.4. The molecular formula is C11H11NO2S. The maximum absolute atomic E-state index is 9.24. The Kier molecular flexibility index (Phi) is 2.79. The summed E-state index contributed by atoms with van der Waals surface area (Å²) in [5.74, 6) is 0.586. The maximum atomic E-state index is 9.24. The average Bonchev–Trinajstić information content (AvgIpc) is 2.28. The Morgan fingerprint density at radius 1 is 1.27 bits per heavy atom. The quantitative estimate of drug-likeness (QED) is 0.791. The van der Waals surface area contributed by atoms with E-state index in [0.29, 0.717) is 5.88 Å². The van der Waals surface area contributed by atoms with E-state index in [4.69, 9.17) is 4.74 Å². The second-order valence-corrected chi connectivity index (χ2v) is 3.81. The van der Waals surface area contributed by atoms with Crippen molar-refractivity contribution in [3.8, 4) is 5.88 Å². The molecule has 1 aromatic carbocycles. The molecule has 2 rings (SSSR count). The van der Waals surface area contributed by atoms with Gasteiger partial charge in [0.25, 0.3) is 0 Å². The van der Waals surface area contributed by atoms with Crippen LogP contribution in [0.2, 0.25) is 0 Å². The highest BCUT2D eigenvalue weighted by molar-refractivity contribution is 7.94. The summed E-state index contributed by atoms with van der Waals surface area (Å²) in [4.78, 5) is 4.97. The Bertz CT molecular complexity index is 499. The molecule has 0 radical (unpaired) electrons. The molecule has 3 nitrogen and oxygen atoms in total. The van der Waals surface area contributed by atoms with Crippen LogP contribution in [0.15, 0.2) is 29.3 Å². The van der Waals surface area contributed by atoms with Crippen LogP contribution in [0.5, 0.6) is 5.88 Å². The van der Waals surface area contributed by atoms with Crippen LogP contribution in [-0.4, -0.2) is 16.6 Å². The largest absolute Gasteiger partial charge is 0.481 e. The van der Waals surface area contributed by atoms with E-state index in [-0.39, 0.29) is 0 Å². The predicted octanol–water partition coefficient (Wildman–Crippen LogP) is 3.12. The van der Waals surface area contributed by atoms with Gasteiger partial charge < -0.3 is 9.29 Å². The lowest BCUT2D eigenvalue weighted by atomic mass is 10.1. The number of aromatic nitrogens is 1. The molecule has 1 aromatic heterocycles. The first-order chi connectivity index (χ1) is 7.27. The molecule has 0 aliphatic heterocycles. The van der Waals surface area contributed by atoms with Crippen LogP contribution in [0.3, 0.4) is 0 Å². The summed E-state index contributed by atoms with van der Waals surface area (Å²) in [6, 6.07) is 5.78. The number of rotatable bonds is 2. The van der Waals surface area contributed by atoms with Gasteiger partial charge in [-0.15, -0.1) is 0 Å². The standard InChI is InChI=1S/C11H11NO2S/c1-7-3-4-9-8(10(7)15-13)5-6-12-11(9)14-2/h3-6,13H,1-2H3. The molecule has 0 aliphatic carbocycles. The Morgan fingerprint density at radius 2 is 2.07 bits per heavy atom. The summed E-state index contributed by atoms with van der Waals surface area (Å²) in [6.07, 6.45) is 1.68. The predicted molar refractivity (Wildman–Crippen MR) is 61.5 cm³/mol. The van der Waals surface area contributed by atoms with Crippen molar-refractivity contribution in [3.63, 3.8) is 0 Å². The van der Waals surface area contributed by atoms with Crippen molar-refractivity contribution < 1.29 is 9.29 Å². The van der Waals surface area contributed by atoms with E-state index >= 15 is 0 Å². The lowest BCUT2D eigenvalue weighted by Gasteiger charge is -2.08. The average molecular weight is 221 g/mol. The molecule has 4 heteroatoms. The van der Waals surface area contributed by atoms with Gasteiger partial charge in [-0.25, -0.2) is 4.98 Å². The minimum atomic E-state index is 0.586. The molecule has 1 heterocycles. The van der Waals surface area contributed by atoms with Gasteiger partial charge in [-0.2, -0.15) is 0 Å². The fourth-order valence-electron chi connectivity index (χ4n) is 1.59. The minimum absolute atomic E-state index is 0.586. The zero-order chi connectivity index (χ0) is 10.8. The number of methoxy groups -OCH3 is 1. The van der Waals surface area contributed by atoms with Gasteiger partial charge in [0.05, 0.1) is 7.11 Å². The van der Waals surface area contributed by atoms with E-state index in [2.05, 4.69) is 4.98 Å². The third-order valence-electron chi connectivity index (χ3n) is 2.34. The number of hydrogen-bond donors (Lipinski definition) is 1. The highest BCUT2D eigenvalue weighted by Gasteiger charge is 2.08. The first-order valence-electron chi connectivity index (χ1n) is 4.51. The molecular weight excluding hydrogens is 210 g/mol. The van der Waals surface area contributed by atoms with Crippen molar-refractivity contribution in [1.82, 2.24) is 4.98 Å². The van der Waals surface area contributed by atoms with Crippen LogP contribution in [-0.2, 0) is 0 Å². The summed E-state index contributed by atoms with van der Waals surface area (Å²) in [5.41, 5.74) is 1.04. The molecule has 0 saturated heterocycles. The Morgan fingerprint density at radius 3 is 2.73 bits per heavy atom. The van der Waals surface area contributed by atoms with Gasteiger partial charge in [-0.1, -0.05) is 6.07 Å². The molecule has 0 atom stereocenters. The second kappa shape index (κ2) is 4.08. The summed E-state index contributed by atoms with van der Waals surface area (Å²) in [5, 5.41) is 1.89. The Labute approximate surface area is 92.3 Å². The van der Waals surface area contributed by atoms with Crippen LogP contribution in [0.1, 0.15) is 5.56 Å². The number of pyridine rings is 1. The smallest absolute Gasteiger partial charge is 0.221 e. The van der Waals surface area contributed by atoms with Crippen LogP contribution < -0.4 is 4.74 Å². The number of nitrogens with zero attached hydrogens (tertiary/aromatic N) is 1. The summed E-state index contributed by atoms with van der Waals surface area (Å²) >= 11 is 0.761. The van der Waals surface area contributed by atoms with Crippen LogP contribution >= 0.6 is 12.0 Å². The molecule has 0 bridgehead atoms. The highest BCUT2D eigenvalue weighted by atomic mass is 32.2. The van der Waals surface area contributed by atoms with Crippen molar-refractivity contribution in [3.05, 3.63) is 30.0 Å². The Balaban J connectivity index is 2.82. The van der Waals surface area contributed by atoms with Gasteiger partial charge in [0, 0.05) is 33.9 Å². The lowest BCUT2D eigenvalue weighted by Crippen LogP contribution is -1.90. The molecule has 0 amide bonds. The van der Waals surface area contributed by atoms with E-state index < -0.39 is 0 Å². The first-order valence-corrected chi connectivity index (χ1v) is 5.29. The van der Waals surface area contributed by atoms with Gasteiger partial charge >= 0.3 is 0 Å². The second-order valence-electron chi connectivity index (χ2n) is 3.22. The van der Waals surface area contributed by atoms with E-state index in [9.17, 15) is 4.55 Å². The Hall–Kier alpha value is -1.26. The lowest BCUT2D eigenvalue weighted by molar-refractivity contribution is 0.403. The monoisotopic (exact) mass is 221 g/mol.